The molecule has 0 saturated carbocycles. The summed E-state index contributed by atoms with van der Waals surface area (Å²) in [6.07, 6.45) is 3.22. The van der Waals surface area contributed by atoms with Crippen LogP contribution in [0.15, 0.2) is 18.2 Å². The first-order valence-corrected chi connectivity index (χ1v) is 7.24. The molecule has 1 aliphatic rings. The van der Waals surface area contributed by atoms with Crippen LogP contribution in [0.25, 0.3) is 5.57 Å². The molecule has 21 heavy (non-hydrogen) atoms. The summed E-state index contributed by atoms with van der Waals surface area (Å²) in [7, 11) is 1.51. The van der Waals surface area contributed by atoms with Crippen molar-refractivity contribution in [2.24, 2.45) is 0 Å². The summed E-state index contributed by atoms with van der Waals surface area (Å²) in [4.78, 5) is 13.7. The van der Waals surface area contributed by atoms with Gasteiger partial charge in [0.1, 0.15) is 11.3 Å². The Morgan fingerprint density at radius 2 is 2.05 bits per heavy atom. The van der Waals surface area contributed by atoms with Gasteiger partial charge in [-0.15, -0.1) is 0 Å². The number of carbonyl (C=O) groups is 1. The minimum atomic E-state index is -0.964. The van der Waals surface area contributed by atoms with Crippen LogP contribution in [-0.4, -0.2) is 30.3 Å². The van der Waals surface area contributed by atoms with Gasteiger partial charge in [0, 0.05) is 23.9 Å². The molecule has 0 saturated heterocycles. The van der Waals surface area contributed by atoms with Crippen LogP contribution in [0.3, 0.4) is 0 Å². The van der Waals surface area contributed by atoms with Crippen molar-refractivity contribution < 1.29 is 14.6 Å². The van der Waals surface area contributed by atoms with Crippen LogP contribution in [0.4, 0.5) is 5.69 Å². The highest BCUT2D eigenvalue weighted by molar-refractivity contribution is 5.95. The summed E-state index contributed by atoms with van der Waals surface area (Å²) in [5.74, 6) is -0.554. The SMILES string of the molecule is CCCN1c2cc(OC)c(C(=O)O)cc2C(C)=CC1(C)C. The lowest BCUT2D eigenvalue weighted by atomic mass is 9.87. The van der Waals surface area contributed by atoms with Gasteiger partial charge < -0.3 is 14.7 Å². The monoisotopic (exact) mass is 289 g/mol. The van der Waals surface area contributed by atoms with Crippen LogP contribution in [0.1, 0.15) is 50.0 Å². The quantitative estimate of drug-likeness (QED) is 0.915. The molecule has 0 amide bonds. The maximum absolute atomic E-state index is 11.4. The van der Waals surface area contributed by atoms with E-state index in [1.165, 1.54) is 7.11 Å². The summed E-state index contributed by atoms with van der Waals surface area (Å²) in [6, 6.07) is 3.58. The van der Waals surface area contributed by atoms with E-state index in [0.29, 0.717) is 5.75 Å². The number of allylic oxidation sites excluding steroid dienone is 1. The topological polar surface area (TPSA) is 49.8 Å². The van der Waals surface area contributed by atoms with Crippen molar-refractivity contribution in [1.29, 1.82) is 0 Å². The number of benzene rings is 1. The Morgan fingerprint density at radius 3 is 2.57 bits per heavy atom. The summed E-state index contributed by atoms with van der Waals surface area (Å²) < 4.78 is 5.28. The second-order valence-corrected chi connectivity index (χ2v) is 6.01. The second kappa shape index (κ2) is 5.43. The largest absolute Gasteiger partial charge is 0.496 e. The molecule has 1 aromatic rings. The Hall–Kier alpha value is -1.97. The number of rotatable bonds is 4. The molecule has 1 aromatic carbocycles. The second-order valence-electron chi connectivity index (χ2n) is 6.01. The molecular weight excluding hydrogens is 266 g/mol. The predicted octanol–water partition coefficient (Wildman–Crippen LogP) is 3.81. The van der Waals surface area contributed by atoms with Crippen LogP contribution in [0.5, 0.6) is 5.75 Å². The molecule has 0 radical (unpaired) electrons. The summed E-state index contributed by atoms with van der Waals surface area (Å²) in [5, 5.41) is 9.34. The molecule has 0 atom stereocenters. The van der Waals surface area contributed by atoms with Crippen molar-refractivity contribution in [2.45, 2.75) is 39.7 Å². The van der Waals surface area contributed by atoms with Gasteiger partial charge in [0.25, 0.3) is 0 Å². The molecule has 0 bridgehead atoms. The Bertz CT molecular complexity index is 602. The molecule has 0 fully saturated rings. The van der Waals surface area contributed by atoms with E-state index in [4.69, 9.17) is 4.74 Å². The number of ether oxygens (including phenoxy) is 1. The minimum Gasteiger partial charge on any atom is -0.496 e. The molecule has 1 aliphatic heterocycles. The lowest BCUT2D eigenvalue weighted by Gasteiger charge is -2.43. The third-order valence-corrected chi connectivity index (χ3v) is 3.98. The number of hydrogen-bond donors (Lipinski definition) is 1. The van der Waals surface area contributed by atoms with Crippen molar-refractivity contribution in [1.82, 2.24) is 0 Å². The Labute approximate surface area is 126 Å². The van der Waals surface area contributed by atoms with Crippen LogP contribution in [-0.2, 0) is 0 Å². The van der Waals surface area contributed by atoms with Gasteiger partial charge in [0.05, 0.1) is 12.6 Å². The number of carboxylic acids is 1. The molecule has 4 nitrogen and oxygen atoms in total. The van der Waals surface area contributed by atoms with E-state index >= 15 is 0 Å². The summed E-state index contributed by atoms with van der Waals surface area (Å²) in [5.41, 5.74) is 3.24. The van der Waals surface area contributed by atoms with Gasteiger partial charge in [-0.1, -0.05) is 13.0 Å². The number of carboxylic acid groups (broad SMARTS) is 1. The maximum Gasteiger partial charge on any atom is 0.339 e. The Morgan fingerprint density at radius 1 is 1.38 bits per heavy atom. The average molecular weight is 289 g/mol. The first-order chi connectivity index (χ1) is 9.81. The Kier molecular flexibility index (Phi) is 3.99. The summed E-state index contributed by atoms with van der Waals surface area (Å²) in [6.45, 7) is 9.43. The number of anilines is 1. The van der Waals surface area contributed by atoms with Crippen molar-refractivity contribution in [3.8, 4) is 5.75 Å². The van der Waals surface area contributed by atoms with Crippen molar-refractivity contribution in [3.63, 3.8) is 0 Å². The zero-order chi connectivity index (χ0) is 15.8. The number of methoxy groups -OCH3 is 1. The van der Waals surface area contributed by atoms with E-state index < -0.39 is 5.97 Å². The molecule has 1 N–H and O–H groups in total. The molecule has 0 unspecified atom stereocenters. The predicted molar refractivity (Wildman–Crippen MR) is 85.3 cm³/mol. The van der Waals surface area contributed by atoms with E-state index in [2.05, 4.69) is 31.7 Å². The number of hydrogen-bond acceptors (Lipinski definition) is 3. The van der Waals surface area contributed by atoms with E-state index in [9.17, 15) is 9.90 Å². The van der Waals surface area contributed by atoms with E-state index in [1.54, 1.807) is 6.07 Å². The van der Waals surface area contributed by atoms with Crippen LogP contribution >= 0.6 is 0 Å². The summed E-state index contributed by atoms with van der Waals surface area (Å²) >= 11 is 0. The molecule has 0 aliphatic carbocycles. The minimum absolute atomic E-state index is 0.0944. The smallest absolute Gasteiger partial charge is 0.339 e. The fourth-order valence-electron chi connectivity index (χ4n) is 3.07. The van der Waals surface area contributed by atoms with E-state index in [-0.39, 0.29) is 11.1 Å². The van der Waals surface area contributed by atoms with Crippen molar-refractivity contribution in [3.05, 3.63) is 29.3 Å². The third kappa shape index (κ3) is 2.62. The zero-order valence-corrected chi connectivity index (χ0v) is 13.4. The molecule has 1 heterocycles. The Balaban J connectivity index is 2.69. The molecular formula is C17H23NO3. The molecule has 114 valence electrons. The van der Waals surface area contributed by atoms with Gasteiger partial charge >= 0.3 is 5.97 Å². The van der Waals surface area contributed by atoms with Crippen molar-refractivity contribution >= 4 is 17.2 Å². The third-order valence-electron chi connectivity index (χ3n) is 3.98. The molecule has 0 spiro atoms. The highest BCUT2D eigenvalue weighted by Crippen LogP contribution is 2.42. The molecule has 2 rings (SSSR count). The van der Waals surface area contributed by atoms with Crippen molar-refractivity contribution in [2.75, 3.05) is 18.6 Å². The standard InChI is InChI=1S/C17H23NO3/c1-6-7-18-14-9-15(21-5)13(16(19)20)8-12(14)11(2)10-17(18,3)4/h8-10H,6-7H2,1-5H3,(H,19,20). The van der Waals surface area contributed by atoms with Gasteiger partial charge in [-0.3, -0.25) is 0 Å². The van der Waals surface area contributed by atoms with E-state index in [1.807, 2.05) is 13.0 Å². The van der Waals surface area contributed by atoms with Crippen LogP contribution in [0, 0.1) is 0 Å². The highest BCUT2D eigenvalue weighted by Gasteiger charge is 2.32. The lowest BCUT2D eigenvalue weighted by Crippen LogP contribution is -2.45. The van der Waals surface area contributed by atoms with Gasteiger partial charge in [-0.05, 0) is 38.8 Å². The number of nitrogens with zero attached hydrogens (tertiary/aromatic N) is 1. The zero-order valence-electron chi connectivity index (χ0n) is 13.4. The molecule has 0 aromatic heterocycles. The van der Waals surface area contributed by atoms with Crippen LogP contribution < -0.4 is 9.64 Å². The average Bonchev–Trinajstić information content (AvgIpc) is 2.41. The van der Waals surface area contributed by atoms with Gasteiger partial charge in [-0.2, -0.15) is 0 Å². The fraction of sp³-hybridized carbons (Fsp3) is 0.471. The highest BCUT2D eigenvalue weighted by atomic mass is 16.5. The first-order valence-electron chi connectivity index (χ1n) is 7.24. The van der Waals surface area contributed by atoms with E-state index in [0.717, 1.165) is 29.8 Å². The first kappa shape index (κ1) is 15.4. The number of fused-ring (bicyclic) bond motifs is 1. The lowest BCUT2D eigenvalue weighted by molar-refractivity contribution is 0.0693. The maximum atomic E-state index is 11.4. The van der Waals surface area contributed by atoms with Crippen LogP contribution in [0.2, 0.25) is 0 Å². The number of aromatic carboxylic acids is 1. The fourth-order valence-corrected chi connectivity index (χ4v) is 3.07. The van der Waals surface area contributed by atoms with Gasteiger partial charge in [0.15, 0.2) is 0 Å². The molecule has 4 heteroatoms. The van der Waals surface area contributed by atoms with Gasteiger partial charge in [0.2, 0.25) is 0 Å². The van der Waals surface area contributed by atoms with Gasteiger partial charge in [-0.25, -0.2) is 4.79 Å². The normalized spacial score (nSPS) is 16.2.